The molecule has 14 heteroatoms. The van der Waals surface area contributed by atoms with Crippen molar-refractivity contribution < 1.29 is 60.3 Å². The van der Waals surface area contributed by atoms with Gasteiger partial charge in [-0.25, -0.2) is 0 Å². The molecule has 1 aliphatic carbocycles. The van der Waals surface area contributed by atoms with Crippen molar-refractivity contribution in [2.24, 2.45) is 0 Å². The van der Waals surface area contributed by atoms with Gasteiger partial charge in [-0.15, -0.1) is 0 Å². The summed E-state index contributed by atoms with van der Waals surface area (Å²) in [5, 5.41) is 0. The average Bonchev–Trinajstić information content (AvgIpc) is 3.24. The topological polar surface area (TPSA) is 182 Å². The first-order chi connectivity index (χ1) is 18.9. The molecule has 0 spiro atoms. The first kappa shape index (κ1) is 28.7. The molecule has 212 valence electrons. The fourth-order valence-corrected chi connectivity index (χ4v) is 5.11. The third kappa shape index (κ3) is 6.14. The molecule has 2 heterocycles. The fourth-order valence-electron chi connectivity index (χ4n) is 4.31. The number of carbonyl (C=O) groups excluding carboxylic acids is 4. The zero-order valence-corrected chi connectivity index (χ0v) is 22.2. The average molecular weight is 577 g/mol. The van der Waals surface area contributed by atoms with Crippen LogP contribution in [-0.4, -0.2) is 66.7 Å². The Morgan fingerprint density at radius 3 is 2.02 bits per heavy atom. The van der Waals surface area contributed by atoms with Crippen LogP contribution in [0.15, 0.2) is 59.4 Å². The summed E-state index contributed by atoms with van der Waals surface area (Å²) in [4.78, 5) is 49.0. The van der Waals surface area contributed by atoms with Gasteiger partial charge in [0.15, 0.2) is 18.0 Å². The summed E-state index contributed by atoms with van der Waals surface area (Å²) in [6, 6.07) is 11.2. The van der Waals surface area contributed by atoms with Gasteiger partial charge in [0.25, 0.3) is 10.1 Å². The number of ether oxygens (including phenoxy) is 5. The van der Waals surface area contributed by atoms with Crippen LogP contribution in [0.5, 0.6) is 5.75 Å². The number of rotatable bonds is 8. The second-order valence-electron chi connectivity index (χ2n) is 8.73. The third-order valence-corrected chi connectivity index (χ3v) is 6.76. The van der Waals surface area contributed by atoms with E-state index in [4.69, 9.17) is 28.1 Å². The maximum atomic E-state index is 13.3. The number of ketones is 1. The van der Waals surface area contributed by atoms with Crippen LogP contribution in [0.4, 0.5) is 0 Å². The number of hydrogen-bond acceptors (Lipinski definition) is 12. The van der Waals surface area contributed by atoms with Gasteiger partial charge in [0.1, 0.15) is 5.75 Å². The second kappa shape index (κ2) is 11.5. The molecule has 1 aromatic rings. The van der Waals surface area contributed by atoms with Gasteiger partial charge in [-0.1, -0.05) is 30.3 Å². The van der Waals surface area contributed by atoms with Gasteiger partial charge in [0, 0.05) is 43.0 Å². The molecule has 0 bridgehead atoms. The molecule has 0 amide bonds. The molecular weight excluding hydrogens is 552 g/mol. The van der Waals surface area contributed by atoms with Gasteiger partial charge in [-0.05, 0) is 12.1 Å². The molecule has 40 heavy (non-hydrogen) atoms. The Hall–Kier alpha value is -4.27. The van der Waals surface area contributed by atoms with E-state index < -0.39 is 58.1 Å². The van der Waals surface area contributed by atoms with Crippen molar-refractivity contribution in [1.29, 1.82) is 0 Å². The van der Waals surface area contributed by atoms with E-state index in [1.54, 1.807) is 30.3 Å². The minimum Gasteiger partial charge on any atom is -0.472 e. The molecule has 1 fully saturated rings. The summed E-state index contributed by atoms with van der Waals surface area (Å²) < 4.78 is 66.6. The third-order valence-electron chi connectivity index (χ3n) is 5.80. The van der Waals surface area contributed by atoms with Crippen molar-refractivity contribution in [2.75, 3.05) is 0 Å². The molecule has 2 aliphatic heterocycles. The van der Waals surface area contributed by atoms with Crippen LogP contribution in [0, 0.1) is 0 Å². The molecular formula is C26H24O13S. The molecule has 3 aliphatic rings. The van der Waals surface area contributed by atoms with Crippen LogP contribution in [0.25, 0.3) is 11.1 Å². The quantitative estimate of drug-likeness (QED) is 0.179. The number of carbonyl (C=O) groups is 4. The van der Waals surface area contributed by atoms with Crippen molar-refractivity contribution in [3.05, 3.63) is 66.1 Å². The van der Waals surface area contributed by atoms with Crippen LogP contribution in [0.2, 0.25) is 0 Å². The van der Waals surface area contributed by atoms with Crippen molar-refractivity contribution in [3.63, 3.8) is 0 Å². The molecule has 1 N–H and O–H groups in total. The van der Waals surface area contributed by atoms with Gasteiger partial charge in [0.05, 0.1) is 12.5 Å². The first-order valence-corrected chi connectivity index (χ1v) is 13.3. The van der Waals surface area contributed by atoms with E-state index in [-0.39, 0.29) is 17.1 Å². The Balaban J connectivity index is 1.80. The smallest absolute Gasteiger partial charge is 0.303 e. The fraction of sp³-hybridized carbons (Fsp3) is 0.308. The van der Waals surface area contributed by atoms with Crippen LogP contribution in [0.3, 0.4) is 0 Å². The van der Waals surface area contributed by atoms with E-state index in [2.05, 4.69) is 0 Å². The van der Waals surface area contributed by atoms with Gasteiger partial charge >= 0.3 is 17.9 Å². The highest BCUT2D eigenvalue weighted by Crippen LogP contribution is 2.41. The van der Waals surface area contributed by atoms with Crippen molar-refractivity contribution in [2.45, 2.75) is 50.8 Å². The van der Waals surface area contributed by atoms with Crippen LogP contribution in [0.1, 0.15) is 36.7 Å². The van der Waals surface area contributed by atoms with Gasteiger partial charge in [0.2, 0.25) is 17.8 Å². The molecule has 0 saturated carbocycles. The maximum Gasteiger partial charge on any atom is 0.303 e. The first-order valence-electron chi connectivity index (χ1n) is 11.8. The van der Waals surface area contributed by atoms with Gasteiger partial charge in [-0.3, -0.25) is 23.7 Å². The zero-order chi connectivity index (χ0) is 29.2. The normalized spacial score (nSPS) is 22.8. The predicted octanol–water partition coefficient (Wildman–Crippen LogP) is 2.36. The number of fused-ring (bicyclic) bond motifs is 1. The SMILES string of the molecule is CC(=O)O[C@@H]1[C@@H](Oc2cc(C(=O)c3ccccc3)c3coccc2-3)OC(S(=O)(=O)O)[C@H](OC(C)=O)[C@H]1OC(C)=O. The van der Waals surface area contributed by atoms with Crippen molar-refractivity contribution in [1.82, 2.24) is 0 Å². The summed E-state index contributed by atoms with van der Waals surface area (Å²) in [6.07, 6.45) is -4.63. The molecule has 5 atom stereocenters. The number of benzene rings is 1. The summed E-state index contributed by atoms with van der Waals surface area (Å²) in [6.45, 7) is 2.95. The summed E-state index contributed by atoms with van der Waals surface area (Å²) in [5.74, 6) is -3.27. The number of esters is 3. The lowest BCUT2D eigenvalue weighted by Crippen LogP contribution is -2.64. The Labute approximate surface area is 228 Å². The lowest BCUT2D eigenvalue weighted by molar-refractivity contribution is -0.269. The van der Waals surface area contributed by atoms with Crippen LogP contribution < -0.4 is 4.74 Å². The lowest BCUT2D eigenvalue weighted by atomic mass is 10.0. The van der Waals surface area contributed by atoms with Crippen LogP contribution >= 0.6 is 0 Å². The largest absolute Gasteiger partial charge is 0.472 e. The van der Waals surface area contributed by atoms with Crippen LogP contribution in [-0.2, 0) is 43.4 Å². The Morgan fingerprint density at radius 2 is 1.43 bits per heavy atom. The van der Waals surface area contributed by atoms with E-state index in [0.29, 0.717) is 16.7 Å². The standard InChI is InChI=1S/C26H24O13S/c1-13(27)35-22-23(36-14(2)28)25(39-26(40(31,32)33)24(22)37-15(3)29)38-20-11-18(19-12-34-10-9-17(19)20)21(30)16-7-5-4-6-8-16/h4-12,22-26H,1-3H3,(H,31,32,33)/t22-,23-,24+,25-,26?/m0/s1. The molecule has 0 radical (unpaired) electrons. The highest BCUT2D eigenvalue weighted by atomic mass is 32.2. The van der Waals surface area contributed by atoms with Crippen molar-refractivity contribution >= 4 is 33.8 Å². The molecule has 4 rings (SSSR count). The molecule has 1 aromatic carbocycles. The Kier molecular flexibility index (Phi) is 8.23. The molecule has 1 saturated heterocycles. The minimum atomic E-state index is -5.13. The summed E-state index contributed by atoms with van der Waals surface area (Å²) in [7, 11) is -5.13. The van der Waals surface area contributed by atoms with E-state index in [0.717, 1.165) is 20.8 Å². The minimum absolute atomic E-state index is 0.0196. The highest BCUT2D eigenvalue weighted by molar-refractivity contribution is 7.86. The zero-order valence-electron chi connectivity index (χ0n) is 21.3. The second-order valence-corrected chi connectivity index (χ2v) is 10.2. The highest BCUT2D eigenvalue weighted by Gasteiger charge is 2.57. The Morgan fingerprint density at radius 1 is 0.825 bits per heavy atom. The maximum absolute atomic E-state index is 13.3. The van der Waals surface area contributed by atoms with Gasteiger partial charge < -0.3 is 28.1 Å². The molecule has 0 aromatic heterocycles. The number of hydrogen-bond donors (Lipinski definition) is 1. The molecule has 13 nitrogen and oxygen atoms in total. The van der Waals surface area contributed by atoms with E-state index in [9.17, 15) is 32.1 Å². The Bertz CT molecular complexity index is 1490. The predicted molar refractivity (Wildman–Crippen MR) is 133 cm³/mol. The van der Waals surface area contributed by atoms with E-state index in [1.165, 1.54) is 24.7 Å². The molecule has 1 unspecified atom stereocenters. The summed E-state index contributed by atoms with van der Waals surface area (Å²) >= 11 is 0. The lowest BCUT2D eigenvalue weighted by Gasteiger charge is -2.42. The van der Waals surface area contributed by atoms with Crippen molar-refractivity contribution in [3.8, 4) is 16.9 Å². The van der Waals surface area contributed by atoms with E-state index >= 15 is 0 Å². The monoisotopic (exact) mass is 576 g/mol. The van der Waals surface area contributed by atoms with E-state index in [1.807, 2.05) is 0 Å². The van der Waals surface area contributed by atoms with Gasteiger partial charge in [-0.2, -0.15) is 8.42 Å². The summed E-state index contributed by atoms with van der Waals surface area (Å²) in [5.41, 5.74) is -1.10.